The Morgan fingerprint density at radius 1 is 1.11 bits per heavy atom. The van der Waals surface area contributed by atoms with Gasteiger partial charge < -0.3 is 14.2 Å². The van der Waals surface area contributed by atoms with Crippen molar-refractivity contribution in [1.82, 2.24) is 10.2 Å². The highest BCUT2D eigenvalue weighted by Gasteiger charge is 2.27. The van der Waals surface area contributed by atoms with Gasteiger partial charge in [-0.05, 0) is 69.6 Å². The minimum atomic E-state index is -0.395. The van der Waals surface area contributed by atoms with Crippen LogP contribution >= 0.6 is 0 Å². The average molecular weight is 380 g/mol. The highest BCUT2D eigenvalue weighted by molar-refractivity contribution is 5.93. The fraction of sp³-hybridized carbons (Fsp3) is 0.364. The number of amides is 1. The number of benzene rings is 1. The summed E-state index contributed by atoms with van der Waals surface area (Å²) in [5.74, 6) is 1.32. The molecule has 0 aliphatic carbocycles. The minimum absolute atomic E-state index is 0.0268. The first kappa shape index (κ1) is 18.5. The van der Waals surface area contributed by atoms with Gasteiger partial charge in [-0.25, -0.2) is 0 Å². The molecule has 6 nitrogen and oxygen atoms in total. The Labute approximate surface area is 163 Å². The van der Waals surface area contributed by atoms with Gasteiger partial charge in [0.2, 0.25) is 0 Å². The Morgan fingerprint density at radius 2 is 1.89 bits per heavy atom. The third-order valence-corrected chi connectivity index (χ3v) is 5.24. The van der Waals surface area contributed by atoms with Crippen LogP contribution in [0.2, 0.25) is 0 Å². The molecule has 3 aromatic rings. The maximum Gasteiger partial charge on any atom is 0.287 e. The molecular weight excluding hydrogens is 356 g/mol. The maximum atomic E-state index is 12.7. The van der Waals surface area contributed by atoms with E-state index in [2.05, 4.69) is 10.2 Å². The molecule has 1 aromatic carbocycles. The summed E-state index contributed by atoms with van der Waals surface area (Å²) in [6.07, 6.45) is 2.28. The van der Waals surface area contributed by atoms with Gasteiger partial charge in [0.25, 0.3) is 5.91 Å². The molecule has 0 saturated carbocycles. The molecule has 2 aromatic heterocycles. The highest BCUT2D eigenvalue weighted by atomic mass is 16.3. The molecule has 1 aliphatic rings. The average Bonchev–Trinajstić information content (AvgIpc) is 3.33. The van der Waals surface area contributed by atoms with Gasteiger partial charge in [-0.2, -0.15) is 0 Å². The fourth-order valence-corrected chi connectivity index (χ4v) is 3.75. The van der Waals surface area contributed by atoms with E-state index in [1.54, 1.807) is 12.1 Å². The molecule has 4 rings (SSSR count). The van der Waals surface area contributed by atoms with Gasteiger partial charge >= 0.3 is 0 Å². The Kier molecular flexibility index (Phi) is 5.05. The van der Waals surface area contributed by atoms with E-state index in [0.29, 0.717) is 17.5 Å². The van der Waals surface area contributed by atoms with Crippen LogP contribution in [-0.2, 0) is 0 Å². The molecule has 1 atom stereocenters. The monoisotopic (exact) mass is 380 g/mol. The van der Waals surface area contributed by atoms with Crippen LogP contribution in [0, 0.1) is 13.8 Å². The Morgan fingerprint density at radius 3 is 2.61 bits per heavy atom. The number of carbonyl (C=O) groups excluding carboxylic acids is 1. The van der Waals surface area contributed by atoms with Crippen molar-refractivity contribution in [2.75, 3.05) is 19.6 Å². The molecule has 0 spiro atoms. The third-order valence-electron chi connectivity index (χ3n) is 5.24. The van der Waals surface area contributed by atoms with E-state index in [1.165, 1.54) is 6.07 Å². The lowest BCUT2D eigenvalue weighted by Crippen LogP contribution is -2.36. The Hall–Kier alpha value is -2.86. The number of aryl methyl sites for hydroxylation is 2. The van der Waals surface area contributed by atoms with Crippen LogP contribution in [0.15, 0.2) is 50.0 Å². The minimum Gasteiger partial charge on any atom is -0.465 e. The number of likely N-dealkylation sites (tertiary alicyclic amines) is 1. The van der Waals surface area contributed by atoms with Crippen LogP contribution < -0.4 is 10.7 Å². The smallest absolute Gasteiger partial charge is 0.287 e. The van der Waals surface area contributed by atoms with Crippen molar-refractivity contribution in [1.29, 1.82) is 0 Å². The van der Waals surface area contributed by atoms with Gasteiger partial charge in [0.1, 0.15) is 17.1 Å². The van der Waals surface area contributed by atoms with Gasteiger partial charge in [0.15, 0.2) is 11.2 Å². The standard InChI is InChI=1S/C22H24N2O4/c1-14-5-7-16-18(25)12-21(28-20(16)11-14)22(26)23-13-17(24-9-3-4-10-24)19-8-6-15(2)27-19/h5-8,11-12,17H,3-4,9-10,13H2,1-2H3,(H,23,26)/t17-/m1/s1. The molecule has 1 aliphatic heterocycles. The van der Waals surface area contributed by atoms with E-state index in [4.69, 9.17) is 8.83 Å². The second-order valence-electron chi connectivity index (χ2n) is 7.39. The van der Waals surface area contributed by atoms with E-state index >= 15 is 0 Å². The van der Waals surface area contributed by atoms with E-state index in [-0.39, 0.29) is 17.2 Å². The van der Waals surface area contributed by atoms with Crippen LogP contribution in [0.25, 0.3) is 11.0 Å². The summed E-state index contributed by atoms with van der Waals surface area (Å²) in [5.41, 5.74) is 1.18. The molecule has 146 valence electrons. The summed E-state index contributed by atoms with van der Waals surface area (Å²) in [6.45, 7) is 6.17. The Bertz CT molecular complexity index is 1060. The van der Waals surface area contributed by atoms with Crippen molar-refractivity contribution in [3.63, 3.8) is 0 Å². The van der Waals surface area contributed by atoms with Crippen LogP contribution in [-0.4, -0.2) is 30.4 Å². The normalized spacial score (nSPS) is 15.8. The second kappa shape index (κ2) is 7.64. The lowest BCUT2D eigenvalue weighted by Gasteiger charge is -2.26. The van der Waals surface area contributed by atoms with Crippen molar-refractivity contribution in [3.05, 3.63) is 69.5 Å². The first-order chi connectivity index (χ1) is 13.5. The van der Waals surface area contributed by atoms with Gasteiger partial charge in [0.05, 0.1) is 11.4 Å². The lowest BCUT2D eigenvalue weighted by atomic mass is 10.1. The zero-order valence-corrected chi connectivity index (χ0v) is 16.2. The van der Waals surface area contributed by atoms with Gasteiger partial charge in [-0.1, -0.05) is 6.07 Å². The highest BCUT2D eigenvalue weighted by Crippen LogP contribution is 2.26. The van der Waals surface area contributed by atoms with E-state index in [0.717, 1.165) is 43.0 Å². The van der Waals surface area contributed by atoms with Crippen molar-refractivity contribution in [2.45, 2.75) is 32.7 Å². The summed E-state index contributed by atoms with van der Waals surface area (Å²) in [5, 5.41) is 3.39. The zero-order valence-electron chi connectivity index (χ0n) is 16.2. The van der Waals surface area contributed by atoms with Gasteiger partial charge in [-0.15, -0.1) is 0 Å². The van der Waals surface area contributed by atoms with Crippen LogP contribution in [0.3, 0.4) is 0 Å². The quantitative estimate of drug-likeness (QED) is 0.732. The molecule has 0 bridgehead atoms. The molecule has 6 heteroatoms. The van der Waals surface area contributed by atoms with Crippen molar-refractivity contribution in [2.24, 2.45) is 0 Å². The number of rotatable bonds is 5. The summed E-state index contributed by atoms with van der Waals surface area (Å²) in [7, 11) is 0. The SMILES string of the molecule is Cc1ccc2c(=O)cc(C(=O)NC[C@H](c3ccc(C)o3)N3CCCC3)oc2c1. The number of nitrogens with one attached hydrogen (secondary N) is 1. The maximum absolute atomic E-state index is 12.7. The summed E-state index contributed by atoms with van der Waals surface area (Å²) in [4.78, 5) is 27.3. The van der Waals surface area contributed by atoms with Crippen molar-refractivity contribution < 1.29 is 13.6 Å². The van der Waals surface area contributed by atoms with Gasteiger partial charge in [-0.3, -0.25) is 14.5 Å². The van der Waals surface area contributed by atoms with Crippen LogP contribution in [0.1, 0.15) is 46.5 Å². The number of furan rings is 1. The van der Waals surface area contributed by atoms with Crippen LogP contribution in [0.4, 0.5) is 0 Å². The molecule has 3 heterocycles. The molecular formula is C22H24N2O4. The lowest BCUT2D eigenvalue weighted by molar-refractivity contribution is 0.0906. The largest absolute Gasteiger partial charge is 0.465 e. The summed E-state index contributed by atoms with van der Waals surface area (Å²) < 4.78 is 11.5. The summed E-state index contributed by atoms with van der Waals surface area (Å²) in [6, 6.07) is 10.5. The molecule has 0 unspecified atom stereocenters. The number of carbonyl (C=O) groups is 1. The number of fused-ring (bicyclic) bond motifs is 1. The first-order valence-electron chi connectivity index (χ1n) is 9.64. The predicted octanol–water partition coefficient (Wildman–Crippen LogP) is 3.57. The van der Waals surface area contributed by atoms with E-state index in [9.17, 15) is 9.59 Å². The first-order valence-corrected chi connectivity index (χ1v) is 9.64. The molecule has 0 radical (unpaired) electrons. The van der Waals surface area contributed by atoms with E-state index in [1.807, 2.05) is 32.0 Å². The second-order valence-corrected chi connectivity index (χ2v) is 7.39. The van der Waals surface area contributed by atoms with Gasteiger partial charge in [0, 0.05) is 12.6 Å². The number of hydrogen-bond donors (Lipinski definition) is 1. The summed E-state index contributed by atoms with van der Waals surface area (Å²) >= 11 is 0. The zero-order chi connectivity index (χ0) is 19.7. The molecule has 1 saturated heterocycles. The van der Waals surface area contributed by atoms with Crippen molar-refractivity contribution in [3.8, 4) is 0 Å². The predicted molar refractivity (Wildman–Crippen MR) is 107 cm³/mol. The fourth-order valence-electron chi connectivity index (χ4n) is 3.75. The van der Waals surface area contributed by atoms with E-state index < -0.39 is 5.91 Å². The topological polar surface area (TPSA) is 75.7 Å². The number of nitrogens with zero attached hydrogens (tertiary/aromatic N) is 1. The molecule has 1 N–H and O–H groups in total. The van der Waals surface area contributed by atoms with Crippen LogP contribution in [0.5, 0.6) is 0 Å². The third kappa shape index (κ3) is 3.73. The molecule has 1 amide bonds. The molecule has 28 heavy (non-hydrogen) atoms. The number of hydrogen-bond acceptors (Lipinski definition) is 5. The van der Waals surface area contributed by atoms with Crippen molar-refractivity contribution >= 4 is 16.9 Å². The molecule has 1 fully saturated rings. The Balaban J connectivity index is 1.55.